The summed E-state index contributed by atoms with van der Waals surface area (Å²) in [5, 5.41) is 3.55. The Hall–Kier alpha value is -1.52. The van der Waals surface area contributed by atoms with Crippen LogP contribution in [0.2, 0.25) is 0 Å². The standard InChI is InChI=1S/C19H24BrNO2/c1-5-23-18-11-15(10-17(20)19(18)22-4)12-21-14(3)16-8-6-13(2)7-9-16/h6-11,14,21H,5,12H2,1-4H3. The summed E-state index contributed by atoms with van der Waals surface area (Å²) < 4.78 is 12.0. The number of ether oxygens (including phenoxy) is 2. The first kappa shape index (κ1) is 17.8. The molecular weight excluding hydrogens is 354 g/mol. The van der Waals surface area contributed by atoms with E-state index in [1.807, 2.05) is 13.0 Å². The third kappa shape index (κ3) is 4.72. The van der Waals surface area contributed by atoms with Crippen molar-refractivity contribution in [2.45, 2.75) is 33.4 Å². The van der Waals surface area contributed by atoms with Crippen molar-refractivity contribution in [2.24, 2.45) is 0 Å². The molecule has 0 amide bonds. The van der Waals surface area contributed by atoms with Gasteiger partial charge in [0.25, 0.3) is 0 Å². The fourth-order valence-electron chi connectivity index (χ4n) is 2.43. The van der Waals surface area contributed by atoms with E-state index in [9.17, 15) is 0 Å². The minimum atomic E-state index is 0.284. The molecule has 0 bridgehead atoms. The fraction of sp³-hybridized carbons (Fsp3) is 0.368. The van der Waals surface area contributed by atoms with Gasteiger partial charge in [0.05, 0.1) is 18.2 Å². The number of methoxy groups -OCH3 is 1. The van der Waals surface area contributed by atoms with Gasteiger partial charge < -0.3 is 14.8 Å². The Morgan fingerprint density at radius 1 is 1.17 bits per heavy atom. The van der Waals surface area contributed by atoms with Gasteiger partial charge in [0.2, 0.25) is 0 Å². The molecule has 0 spiro atoms. The summed E-state index contributed by atoms with van der Waals surface area (Å²) in [5.41, 5.74) is 3.72. The second kappa shape index (κ2) is 8.37. The van der Waals surface area contributed by atoms with Crippen LogP contribution in [-0.4, -0.2) is 13.7 Å². The van der Waals surface area contributed by atoms with Crippen LogP contribution in [0.5, 0.6) is 11.5 Å². The number of aryl methyl sites for hydroxylation is 1. The molecule has 1 atom stereocenters. The summed E-state index contributed by atoms with van der Waals surface area (Å²) in [6.07, 6.45) is 0. The van der Waals surface area contributed by atoms with E-state index in [-0.39, 0.29) is 6.04 Å². The minimum absolute atomic E-state index is 0.284. The molecule has 1 unspecified atom stereocenters. The van der Waals surface area contributed by atoms with Crippen LogP contribution >= 0.6 is 15.9 Å². The van der Waals surface area contributed by atoms with Crippen LogP contribution in [0.15, 0.2) is 40.9 Å². The maximum Gasteiger partial charge on any atom is 0.174 e. The summed E-state index contributed by atoms with van der Waals surface area (Å²) in [6, 6.07) is 13.0. The van der Waals surface area contributed by atoms with E-state index in [0.717, 1.165) is 28.1 Å². The summed E-state index contributed by atoms with van der Waals surface area (Å²) in [5.74, 6) is 1.51. The first-order chi connectivity index (χ1) is 11.0. The number of nitrogens with one attached hydrogen (secondary N) is 1. The van der Waals surface area contributed by atoms with Crippen LogP contribution in [0.25, 0.3) is 0 Å². The van der Waals surface area contributed by atoms with E-state index in [1.165, 1.54) is 11.1 Å². The predicted molar refractivity (Wildman–Crippen MR) is 98.3 cm³/mol. The van der Waals surface area contributed by atoms with Gasteiger partial charge in [-0.3, -0.25) is 0 Å². The minimum Gasteiger partial charge on any atom is -0.492 e. The van der Waals surface area contributed by atoms with Crippen LogP contribution in [0.3, 0.4) is 0 Å². The lowest BCUT2D eigenvalue weighted by atomic mass is 10.1. The zero-order valence-electron chi connectivity index (χ0n) is 14.2. The molecule has 23 heavy (non-hydrogen) atoms. The van der Waals surface area contributed by atoms with Gasteiger partial charge in [-0.15, -0.1) is 0 Å². The van der Waals surface area contributed by atoms with Crippen LogP contribution in [-0.2, 0) is 6.54 Å². The monoisotopic (exact) mass is 377 g/mol. The van der Waals surface area contributed by atoms with Crippen molar-refractivity contribution in [3.05, 3.63) is 57.6 Å². The molecule has 0 aliphatic heterocycles. The molecule has 0 fully saturated rings. The lowest BCUT2D eigenvalue weighted by Gasteiger charge is -2.17. The molecule has 0 saturated heterocycles. The molecule has 0 radical (unpaired) electrons. The Balaban J connectivity index is 2.09. The first-order valence-corrected chi connectivity index (χ1v) is 8.63. The molecular formula is C19H24BrNO2. The first-order valence-electron chi connectivity index (χ1n) is 7.84. The van der Waals surface area contributed by atoms with E-state index >= 15 is 0 Å². The average molecular weight is 378 g/mol. The van der Waals surface area contributed by atoms with Gasteiger partial charge in [-0.1, -0.05) is 29.8 Å². The highest BCUT2D eigenvalue weighted by molar-refractivity contribution is 9.10. The van der Waals surface area contributed by atoms with Gasteiger partial charge in [-0.2, -0.15) is 0 Å². The number of benzene rings is 2. The summed E-state index contributed by atoms with van der Waals surface area (Å²) in [4.78, 5) is 0. The van der Waals surface area contributed by atoms with E-state index in [0.29, 0.717) is 6.61 Å². The molecule has 124 valence electrons. The van der Waals surface area contributed by atoms with Crippen LogP contribution in [0.1, 0.15) is 36.6 Å². The summed E-state index contributed by atoms with van der Waals surface area (Å²) >= 11 is 3.56. The molecule has 3 nitrogen and oxygen atoms in total. The van der Waals surface area contributed by atoms with Crippen molar-refractivity contribution < 1.29 is 9.47 Å². The lowest BCUT2D eigenvalue weighted by molar-refractivity contribution is 0.309. The fourth-order valence-corrected chi connectivity index (χ4v) is 3.08. The molecule has 2 rings (SSSR count). The van der Waals surface area contributed by atoms with Crippen molar-refractivity contribution in [1.82, 2.24) is 5.32 Å². The second-order valence-corrected chi connectivity index (χ2v) is 6.41. The summed E-state index contributed by atoms with van der Waals surface area (Å²) in [7, 11) is 1.65. The molecule has 0 saturated carbocycles. The Bertz CT molecular complexity index is 641. The van der Waals surface area contributed by atoms with Crippen LogP contribution in [0, 0.1) is 6.92 Å². The van der Waals surface area contributed by atoms with Gasteiger partial charge in [-0.05, 0) is 60.0 Å². The molecule has 0 aromatic heterocycles. The third-order valence-corrected chi connectivity index (χ3v) is 4.35. The molecule has 0 aliphatic carbocycles. The zero-order chi connectivity index (χ0) is 16.8. The number of hydrogen-bond acceptors (Lipinski definition) is 3. The SMILES string of the molecule is CCOc1cc(CNC(C)c2ccc(C)cc2)cc(Br)c1OC. The number of hydrogen-bond donors (Lipinski definition) is 1. The Labute approximate surface area is 147 Å². The number of halogens is 1. The molecule has 1 N–H and O–H groups in total. The predicted octanol–water partition coefficient (Wildman–Crippen LogP) is 5.02. The quantitative estimate of drug-likeness (QED) is 0.734. The molecule has 0 heterocycles. The second-order valence-electron chi connectivity index (χ2n) is 5.56. The smallest absolute Gasteiger partial charge is 0.174 e. The Morgan fingerprint density at radius 3 is 2.48 bits per heavy atom. The lowest BCUT2D eigenvalue weighted by Crippen LogP contribution is -2.18. The number of rotatable bonds is 7. The van der Waals surface area contributed by atoms with Gasteiger partial charge >= 0.3 is 0 Å². The van der Waals surface area contributed by atoms with Crippen LogP contribution < -0.4 is 14.8 Å². The molecule has 2 aromatic rings. The van der Waals surface area contributed by atoms with Crippen molar-refractivity contribution in [2.75, 3.05) is 13.7 Å². The largest absolute Gasteiger partial charge is 0.492 e. The highest BCUT2D eigenvalue weighted by atomic mass is 79.9. The normalized spacial score (nSPS) is 12.0. The maximum atomic E-state index is 5.67. The maximum absolute atomic E-state index is 5.67. The van der Waals surface area contributed by atoms with Crippen molar-refractivity contribution in [3.8, 4) is 11.5 Å². The topological polar surface area (TPSA) is 30.5 Å². The van der Waals surface area contributed by atoms with Gasteiger partial charge in [-0.25, -0.2) is 0 Å². The van der Waals surface area contributed by atoms with E-state index in [1.54, 1.807) is 7.11 Å². The van der Waals surface area contributed by atoms with Crippen molar-refractivity contribution in [1.29, 1.82) is 0 Å². The average Bonchev–Trinajstić information content (AvgIpc) is 2.53. The van der Waals surface area contributed by atoms with Crippen molar-refractivity contribution >= 4 is 15.9 Å². The van der Waals surface area contributed by atoms with E-state index in [4.69, 9.17) is 9.47 Å². The molecule has 4 heteroatoms. The highest BCUT2D eigenvalue weighted by Crippen LogP contribution is 2.36. The van der Waals surface area contributed by atoms with Gasteiger partial charge in [0.1, 0.15) is 0 Å². The molecule has 2 aromatic carbocycles. The van der Waals surface area contributed by atoms with E-state index in [2.05, 4.69) is 65.4 Å². The third-order valence-electron chi connectivity index (χ3n) is 3.76. The Morgan fingerprint density at radius 2 is 1.87 bits per heavy atom. The van der Waals surface area contributed by atoms with Crippen LogP contribution in [0.4, 0.5) is 0 Å². The zero-order valence-corrected chi connectivity index (χ0v) is 15.7. The molecule has 0 aliphatic rings. The highest BCUT2D eigenvalue weighted by Gasteiger charge is 2.12. The van der Waals surface area contributed by atoms with Gasteiger partial charge in [0, 0.05) is 12.6 Å². The Kier molecular flexibility index (Phi) is 6.48. The summed E-state index contributed by atoms with van der Waals surface area (Å²) in [6.45, 7) is 7.62. The van der Waals surface area contributed by atoms with E-state index < -0.39 is 0 Å². The van der Waals surface area contributed by atoms with Crippen molar-refractivity contribution in [3.63, 3.8) is 0 Å². The van der Waals surface area contributed by atoms with Gasteiger partial charge in [0.15, 0.2) is 11.5 Å².